The molecule has 1 amide bonds. The molecule has 0 aromatic heterocycles. The van der Waals surface area contributed by atoms with Crippen molar-refractivity contribution in [2.75, 3.05) is 26.2 Å². The first kappa shape index (κ1) is 10.4. The summed E-state index contributed by atoms with van der Waals surface area (Å²) in [5.74, 6) is -0.619. The third-order valence-electron chi connectivity index (χ3n) is 2.82. The standard InChI is InChI=1S/C9H14N3O3/c10-8(13)6-5-12(3-2-11-6)7-1-4-15-9(7)14/h6-7H,1-5H2,(H2,10,13). The van der Waals surface area contributed by atoms with E-state index in [1.807, 2.05) is 4.90 Å². The number of esters is 1. The Hall–Kier alpha value is -1.14. The summed E-state index contributed by atoms with van der Waals surface area (Å²) in [6.45, 7) is 2.16. The van der Waals surface area contributed by atoms with Crippen LogP contribution in [0.25, 0.3) is 0 Å². The summed E-state index contributed by atoms with van der Waals surface area (Å²) in [4.78, 5) is 24.3. The molecule has 2 aliphatic heterocycles. The molecule has 2 atom stereocenters. The Kier molecular flexibility index (Phi) is 2.88. The van der Waals surface area contributed by atoms with Crippen molar-refractivity contribution in [3.63, 3.8) is 0 Å². The quantitative estimate of drug-likeness (QED) is 0.540. The second kappa shape index (κ2) is 4.16. The fourth-order valence-corrected chi connectivity index (χ4v) is 1.99. The molecule has 0 aromatic carbocycles. The van der Waals surface area contributed by atoms with E-state index in [0.29, 0.717) is 32.7 Å². The maximum Gasteiger partial charge on any atom is 0.323 e. The average molecular weight is 212 g/mol. The summed E-state index contributed by atoms with van der Waals surface area (Å²) in [7, 11) is 0. The van der Waals surface area contributed by atoms with Crippen LogP contribution < -0.4 is 11.1 Å². The van der Waals surface area contributed by atoms with Crippen LogP contribution in [-0.4, -0.2) is 55.1 Å². The molecule has 83 valence electrons. The molecular formula is C9H14N3O3. The van der Waals surface area contributed by atoms with Gasteiger partial charge in [0.25, 0.3) is 0 Å². The van der Waals surface area contributed by atoms with Gasteiger partial charge in [-0.15, -0.1) is 0 Å². The Morgan fingerprint density at radius 3 is 3.00 bits per heavy atom. The number of hydrogen-bond acceptors (Lipinski definition) is 4. The van der Waals surface area contributed by atoms with Crippen molar-refractivity contribution in [2.45, 2.75) is 18.5 Å². The Bertz CT molecular complexity index is 282. The zero-order valence-corrected chi connectivity index (χ0v) is 8.39. The van der Waals surface area contributed by atoms with Gasteiger partial charge in [0.1, 0.15) is 12.1 Å². The lowest BCUT2D eigenvalue weighted by Gasteiger charge is -2.33. The van der Waals surface area contributed by atoms with Gasteiger partial charge < -0.3 is 10.5 Å². The summed E-state index contributed by atoms with van der Waals surface area (Å²) in [5.41, 5.74) is 5.19. The van der Waals surface area contributed by atoms with Crippen molar-refractivity contribution >= 4 is 11.9 Å². The van der Waals surface area contributed by atoms with E-state index in [9.17, 15) is 9.59 Å². The monoisotopic (exact) mass is 212 g/mol. The van der Waals surface area contributed by atoms with Gasteiger partial charge in [-0.2, -0.15) is 0 Å². The molecule has 2 saturated heterocycles. The minimum absolute atomic E-state index is 0.194. The molecule has 2 aliphatic rings. The molecule has 0 saturated carbocycles. The molecule has 2 N–H and O–H groups in total. The molecule has 0 spiro atoms. The van der Waals surface area contributed by atoms with Crippen LogP contribution in [-0.2, 0) is 14.3 Å². The number of hydrogen-bond donors (Lipinski definition) is 1. The Balaban J connectivity index is 1.97. The molecule has 0 aliphatic carbocycles. The number of cyclic esters (lactones) is 1. The highest BCUT2D eigenvalue weighted by molar-refractivity contribution is 5.81. The first-order valence-electron chi connectivity index (χ1n) is 5.05. The third kappa shape index (κ3) is 2.10. The molecule has 1 radical (unpaired) electrons. The SMILES string of the molecule is NC(=O)C1CN(C2CCOC2=O)CC[N]1. The van der Waals surface area contributed by atoms with Crippen molar-refractivity contribution in [1.82, 2.24) is 10.2 Å². The number of carbonyl (C=O) groups excluding carboxylic acids is 2. The number of piperazine rings is 1. The molecule has 2 rings (SSSR count). The average Bonchev–Trinajstić information content (AvgIpc) is 2.64. The van der Waals surface area contributed by atoms with Crippen LogP contribution in [0, 0.1) is 0 Å². The number of rotatable bonds is 2. The summed E-state index contributed by atoms with van der Waals surface area (Å²) in [5, 5.41) is 4.11. The largest absolute Gasteiger partial charge is 0.464 e. The molecule has 6 heteroatoms. The first-order chi connectivity index (χ1) is 7.18. The Morgan fingerprint density at radius 1 is 1.60 bits per heavy atom. The maximum absolute atomic E-state index is 11.3. The van der Waals surface area contributed by atoms with Crippen molar-refractivity contribution in [1.29, 1.82) is 0 Å². The smallest absolute Gasteiger partial charge is 0.323 e. The van der Waals surface area contributed by atoms with Crippen molar-refractivity contribution in [3.8, 4) is 0 Å². The highest BCUT2D eigenvalue weighted by Crippen LogP contribution is 2.16. The van der Waals surface area contributed by atoms with Crippen molar-refractivity contribution in [2.24, 2.45) is 5.73 Å². The number of nitrogens with two attached hydrogens (primary N) is 1. The highest BCUT2D eigenvalue weighted by atomic mass is 16.5. The molecular weight excluding hydrogens is 198 g/mol. The molecule has 2 heterocycles. The van der Waals surface area contributed by atoms with E-state index in [-0.39, 0.29) is 12.0 Å². The summed E-state index contributed by atoms with van der Waals surface area (Å²) in [6, 6.07) is -0.686. The number of primary amides is 1. The van der Waals surface area contributed by atoms with E-state index >= 15 is 0 Å². The first-order valence-corrected chi connectivity index (χ1v) is 5.05. The summed E-state index contributed by atoms with van der Waals surface area (Å²) < 4.78 is 4.89. The van der Waals surface area contributed by atoms with Crippen LogP contribution in [0.4, 0.5) is 0 Å². The van der Waals surface area contributed by atoms with Gasteiger partial charge in [-0.1, -0.05) is 0 Å². The van der Waals surface area contributed by atoms with E-state index in [2.05, 4.69) is 5.32 Å². The third-order valence-corrected chi connectivity index (χ3v) is 2.82. The van der Waals surface area contributed by atoms with Gasteiger partial charge in [0.15, 0.2) is 0 Å². The van der Waals surface area contributed by atoms with Gasteiger partial charge in [-0.05, 0) is 0 Å². The molecule has 6 nitrogen and oxygen atoms in total. The lowest BCUT2D eigenvalue weighted by Crippen LogP contribution is -2.56. The van der Waals surface area contributed by atoms with Gasteiger partial charge in [0, 0.05) is 26.1 Å². The van der Waals surface area contributed by atoms with Gasteiger partial charge in [-0.25, -0.2) is 5.32 Å². The summed E-state index contributed by atoms with van der Waals surface area (Å²) >= 11 is 0. The topological polar surface area (TPSA) is 86.7 Å². The van der Waals surface area contributed by atoms with Crippen molar-refractivity contribution in [3.05, 3.63) is 0 Å². The van der Waals surface area contributed by atoms with Crippen LogP contribution in [0.15, 0.2) is 0 Å². The van der Waals surface area contributed by atoms with E-state index < -0.39 is 11.9 Å². The van der Waals surface area contributed by atoms with Crippen molar-refractivity contribution < 1.29 is 14.3 Å². The minimum atomic E-state index is -0.479. The normalized spacial score (nSPS) is 32.7. The van der Waals surface area contributed by atoms with E-state index in [4.69, 9.17) is 10.5 Å². The summed E-state index contributed by atoms with van der Waals surface area (Å²) in [6.07, 6.45) is 0.699. The van der Waals surface area contributed by atoms with Gasteiger partial charge in [0.05, 0.1) is 6.61 Å². The van der Waals surface area contributed by atoms with Gasteiger partial charge in [0.2, 0.25) is 5.91 Å². The fourth-order valence-electron chi connectivity index (χ4n) is 1.99. The second-order valence-corrected chi connectivity index (χ2v) is 3.79. The molecule has 0 aromatic rings. The second-order valence-electron chi connectivity index (χ2n) is 3.79. The Labute approximate surface area is 87.7 Å². The van der Waals surface area contributed by atoms with Crippen LogP contribution in [0.1, 0.15) is 6.42 Å². The van der Waals surface area contributed by atoms with E-state index in [1.54, 1.807) is 0 Å². The lowest BCUT2D eigenvalue weighted by molar-refractivity contribution is -0.143. The van der Waals surface area contributed by atoms with E-state index in [1.165, 1.54) is 0 Å². The van der Waals surface area contributed by atoms with Crippen LogP contribution in [0.2, 0.25) is 0 Å². The predicted molar refractivity (Wildman–Crippen MR) is 50.9 cm³/mol. The van der Waals surface area contributed by atoms with E-state index in [0.717, 1.165) is 0 Å². The number of amides is 1. The molecule has 0 bridgehead atoms. The number of ether oxygens (including phenoxy) is 1. The molecule has 15 heavy (non-hydrogen) atoms. The van der Waals surface area contributed by atoms with Crippen LogP contribution >= 0.6 is 0 Å². The van der Waals surface area contributed by atoms with Gasteiger partial charge >= 0.3 is 5.97 Å². The number of nitrogens with zero attached hydrogens (tertiary/aromatic N) is 2. The molecule has 2 unspecified atom stereocenters. The Morgan fingerprint density at radius 2 is 2.40 bits per heavy atom. The minimum Gasteiger partial charge on any atom is -0.464 e. The maximum atomic E-state index is 11.3. The highest BCUT2D eigenvalue weighted by Gasteiger charge is 2.36. The lowest BCUT2D eigenvalue weighted by atomic mass is 10.1. The van der Waals surface area contributed by atoms with Gasteiger partial charge in [-0.3, -0.25) is 14.5 Å². The molecule has 2 fully saturated rings. The number of carbonyl (C=O) groups is 2. The predicted octanol–water partition coefficient (Wildman–Crippen LogP) is -1.92. The zero-order chi connectivity index (χ0) is 10.8. The van der Waals surface area contributed by atoms with Crippen LogP contribution in [0.5, 0.6) is 0 Å². The fraction of sp³-hybridized carbons (Fsp3) is 0.778. The van der Waals surface area contributed by atoms with Crippen LogP contribution in [0.3, 0.4) is 0 Å². The zero-order valence-electron chi connectivity index (χ0n) is 8.39.